The molecule has 0 atom stereocenters. The minimum absolute atomic E-state index is 0.00612. The number of nitrogens with zero attached hydrogens (tertiary/aromatic N) is 1. The van der Waals surface area contributed by atoms with E-state index < -0.39 is 16.0 Å². The van der Waals surface area contributed by atoms with Crippen molar-refractivity contribution < 1.29 is 18.3 Å². The number of H-pyrrole nitrogens is 1. The van der Waals surface area contributed by atoms with Crippen LogP contribution >= 0.6 is 0 Å². The molecule has 0 aliphatic rings. The lowest BCUT2D eigenvalue weighted by molar-refractivity contribution is 0.0696. The predicted molar refractivity (Wildman–Crippen MR) is 75.4 cm³/mol. The Balaban J connectivity index is 2.33. The smallest absolute Gasteiger partial charge is 0.335 e. The average Bonchev–Trinajstić information content (AvgIpc) is 2.98. The van der Waals surface area contributed by atoms with Crippen molar-refractivity contribution in [2.75, 3.05) is 0 Å². The summed E-state index contributed by atoms with van der Waals surface area (Å²) in [5, 5.41) is 15.3. The highest BCUT2D eigenvalue weighted by Gasteiger charge is 2.19. The van der Waals surface area contributed by atoms with E-state index in [1.807, 2.05) is 6.92 Å². The summed E-state index contributed by atoms with van der Waals surface area (Å²) in [7, 11) is -3.79. The lowest BCUT2D eigenvalue weighted by atomic mass is 10.1. The maximum absolute atomic E-state index is 12.3. The van der Waals surface area contributed by atoms with E-state index in [9.17, 15) is 13.2 Å². The van der Waals surface area contributed by atoms with Crippen molar-refractivity contribution >= 4 is 16.0 Å². The molecule has 21 heavy (non-hydrogen) atoms. The zero-order chi connectivity index (χ0) is 15.5. The number of nitrogens with one attached hydrogen (secondary N) is 2. The fraction of sp³-hybridized carbons (Fsp3) is 0.231. The quantitative estimate of drug-likeness (QED) is 0.741. The molecule has 0 fully saturated rings. The van der Waals surface area contributed by atoms with Gasteiger partial charge in [0.05, 0.1) is 16.7 Å². The van der Waals surface area contributed by atoms with Crippen LogP contribution in [0.25, 0.3) is 0 Å². The number of hydrogen-bond acceptors (Lipinski definition) is 4. The third-order valence-corrected chi connectivity index (χ3v) is 4.49. The first-order valence-electron chi connectivity index (χ1n) is 6.27. The van der Waals surface area contributed by atoms with Crippen molar-refractivity contribution in [2.45, 2.75) is 24.8 Å². The summed E-state index contributed by atoms with van der Waals surface area (Å²) >= 11 is 0. The Labute approximate surface area is 122 Å². The molecule has 0 unspecified atom stereocenters. The molecule has 0 radical (unpaired) electrons. The summed E-state index contributed by atoms with van der Waals surface area (Å²) in [6.07, 6.45) is 3.58. The van der Waals surface area contributed by atoms with E-state index in [4.69, 9.17) is 5.11 Å². The number of rotatable bonds is 6. The van der Waals surface area contributed by atoms with Crippen molar-refractivity contribution in [1.29, 1.82) is 0 Å². The number of aromatic carboxylic acids is 1. The number of aromatic amines is 1. The fourth-order valence-electron chi connectivity index (χ4n) is 1.86. The van der Waals surface area contributed by atoms with Gasteiger partial charge in [-0.1, -0.05) is 13.0 Å². The molecule has 0 saturated carbocycles. The molecule has 7 nitrogen and oxygen atoms in total. The Hall–Kier alpha value is -2.19. The van der Waals surface area contributed by atoms with Gasteiger partial charge < -0.3 is 5.11 Å². The maximum Gasteiger partial charge on any atom is 0.335 e. The number of carboxylic acids is 1. The second-order valence-electron chi connectivity index (χ2n) is 4.41. The normalized spacial score (nSPS) is 11.5. The molecule has 1 aromatic heterocycles. The first-order chi connectivity index (χ1) is 9.94. The molecule has 3 N–H and O–H groups in total. The van der Waals surface area contributed by atoms with Crippen LogP contribution in [0, 0.1) is 0 Å². The summed E-state index contributed by atoms with van der Waals surface area (Å²) in [6.45, 7) is 1.89. The molecule has 8 heteroatoms. The zero-order valence-corrected chi connectivity index (χ0v) is 12.1. The molecule has 0 bridgehead atoms. The van der Waals surface area contributed by atoms with Gasteiger partial charge >= 0.3 is 5.97 Å². The van der Waals surface area contributed by atoms with Crippen molar-refractivity contribution in [2.24, 2.45) is 0 Å². The van der Waals surface area contributed by atoms with E-state index in [0.29, 0.717) is 17.5 Å². The van der Waals surface area contributed by atoms with Crippen molar-refractivity contribution in [3.63, 3.8) is 0 Å². The number of hydrogen-bond donors (Lipinski definition) is 3. The Morgan fingerprint density at radius 1 is 1.43 bits per heavy atom. The van der Waals surface area contributed by atoms with E-state index in [-0.39, 0.29) is 17.0 Å². The SMILES string of the molecule is CCc1ccc(C(=O)O)cc1S(=O)(=O)NCc1cn[nH]c1. The first kappa shape index (κ1) is 15.2. The van der Waals surface area contributed by atoms with E-state index in [1.54, 1.807) is 6.20 Å². The molecule has 0 aliphatic carbocycles. The largest absolute Gasteiger partial charge is 0.478 e. The van der Waals surface area contributed by atoms with E-state index >= 15 is 0 Å². The van der Waals surface area contributed by atoms with Crippen molar-refractivity contribution in [3.8, 4) is 0 Å². The van der Waals surface area contributed by atoms with Crippen LogP contribution in [-0.4, -0.2) is 29.7 Å². The highest BCUT2D eigenvalue weighted by molar-refractivity contribution is 7.89. The van der Waals surface area contributed by atoms with Crippen LogP contribution in [0.3, 0.4) is 0 Å². The lowest BCUT2D eigenvalue weighted by Crippen LogP contribution is -2.24. The Morgan fingerprint density at radius 2 is 2.19 bits per heavy atom. The van der Waals surface area contributed by atoms with Gasteiger partial charge in [0.15, 0.2) is 0 Å². The standard InChI is InChI=1S/C13H15N3O4S/c1-2-10-3-4-11(13(17)18)5-12(10)21(19,20)16-8-9-6-14-15-7-9/h3-7,16H,2,8H2,1H3,(H,14,15)(H,17,18). The molecular weight excluding hydrogens is 294 g/mol. The number of benzene rings is 1. The fourth-order valence-corrected chi connectivity index (χ4v) is 3.21. The summed E-state index contributed by atoms with van der Waals surface area (Å²) in [4.78, 5) is 11.0. The van der Waals surface area contributed by atoms with Crippen LogP contribution in [0.2, 0.25) is 0 Å². The predicted octanol–water partition coefficient (Wildman–Crippen LogP) is 1.15. The summed E-state index contributed by atoms with van der Waals surface area (Å²) < 4.78 is 27.1. The average molecular weight is 309 g/mol. The van der Waals surface area contributed by atoms with Gasteiger partial charge in [-0.15, -0.1) is 0 Å². The van der Waals surface area contributed by atoms with Crippen molar-refractivity contribution in [3.05, 3.63) is 47.3 Å². The minimum atomic E-state index is -3.79. The van der Waals surface area contributed by atoms with Gasteiger partial charge in [-0.25, -0.2) is 17.9 Å². The van der Waals surface area contributed by atoms with Crippen LogP contribution < -0.4 is 4.72 Å². The van der Waals surface area contributed by atoms with Crippen molar-refractivity contribution in [1.82, 2.24) is 14.9 Å². The molecule has 1 aromatic carbocycles. The highest BCUT2D eigenvalue weighted by Crippen LogP contribution is 2.19. The number of aryl methyl sites for hydroxylation is 1. The molecule has 2 aromatic rings. The van der Waals surface area contributed by atoms with Crippen LogP contribution in [0.5, 0.6) is 0 Å². The zero-order valence-electron chi connectivity index (χ0n) is 11.3. The second-order valence-corrected chi connectivity index (χ2v) is 6.15. The van der Waals surface area contributed by atoms with Crippen LogP contribution in [0.4, 0.5) is 0 Å². The molecule has 0 amide bonds. The molecule has 0 spiro atoms. The van der Waals surface area contributed by atoms with E-state index in [1.165, 1.54) is 24.4 Å². The first-order valence-corrected chi connectivity index (χ1v) is 7.76. The number of carbonyl (C=O) groups is 1. The number of aromatic nitrogens is 2. The maximum atomic E-state index is 12.3. The Morgan fingerprint density at radius 3 is 2.76 bits per heavy atom. The monoisotopic (exact) mass is 309 g/mol. The van der Waals surface area contributed by atoms with E-state index in [2.05, 4.69) is 14.9 Å². The third-order valence-electron chi connectivity index (χ3n) is 3.01. The van der Waals surface area contributed by atoms with Crippen LogP contribution in [-0.2, 0) is 23.0 Å². The van der Waals surface area contributed by atoms with Gasteiger partial charge in [-0.05, 0) is 24.1 Å². The summed E-state index contributed by atoms with van der Waals surface area (Å²) in [6, 6.07) is 4.10. The van der Waals surface area contributed by atoms with Crippen LogP contribution in [0.15, 0.2) is 35.5 Å². The Bertz CT molecular complexity index is 739. The molecule has 0 aliphatic heterocycles. The minimum Gasteiger partial charge on any atom is -0.478 e. The number of sulfonamides is 1. The van der Waals surface area contributed by atoms with E-state index in [0.717, 1.165) is 0 Å². The topological polar surface area (TPSA) is 112 Å². The molecule has 0 saturated heterocycles. The highest BCUT2D eigenvalue weighted by atomic mass is 32.2. The second kappa shape index (κ2) is 6.06. The van der Waals surface area contributed by atoms with Crippen LogP contribution in [0.1, 0.15) is 28.4 Å². The van der Waals surface area contributed by atoms with Gasteiger partial charge in [-0.3, -0.25) is 5.10 Å². The van der Waals surface area contributed by atoms with Gasteiger partial charge in [0.1, 0.15) is 0 Å². The number of carboxylic acid groups (broad SMARTS) is 1. The molecule has 1 heterocycles. The van der Waals surface area contributed by atoms with Gasteiger partial charge in [-0.2, -0.15) is 5.10 Å². The molecule has 112 valence electrons. The summed E-state index contributed by atoms with van der Waals surface area (Å²) in [5.41, 5.74) is 1.20. The summed E-state index contributed by atoms with van der Waals surface area (Å²) in [5.74, 6) is -1.16. The van der Waals surface area contributed by atoms with Gasteiger partial charge in [0.25, 0.3) is 0 Å². The lowest BCUT2D eigenvalue weighted by Gasteiger charge is -2.11. The molecule has 2 rings (SSSR count). The van der Waals surface area contributed by atoms with Gasteiger partial charge in [0, 0.05) is 18.3 Å². The van der Waals surface area contributed by atoms with Gasteiger partial charge in [0.2, 0.25) is 10.0 Å². The third kappa shape index (κ3) is 3.47. The molecular formula is C13H15N3O4S. The Kier molecular flexibility index (Phi) is 4.39.